The molecule has 0 spiro atoms. The van der Waals surface area contributed by atoms with Crippen LogP contribution in [0.4, 0.5) is 0 Å². The fraction of sp³-hybridized carbons (Fsp3) is 0.478. The number of aromatic nitrogens is 3. The predicted molar refractivity (Wildman–Crippen MR) is 116 cm³/mol. The second-order valence-corrected chi connectivity index (χ2v) is 8.54. The minimum absolute atomic E-state index is 0.0465. The number of nitrogens with one attached hydrogen (secondary N) is 1. The summed E-state index contributed by atoms with van der Waals surface area (Å²) in [6.45, 7) is 4.40. The van der Waals surface area contributed by atoms with Crippen LogP contribution in [0, 0.1) is 12.3 Å². The highest BCUT2D eigenvalue weighted by molar-refractivity contribution is 5.97. The van der Waals surface area contributed by atoms with Gasteiger partial charge in [0.2, 0.25) is 0 Å². The Kier molecular flexibility index (Phi) is 5.09. The van der Waals surface area contributed by atoms with Crippen molar-refractivity contribution in [2.45, 2.75) is 51.7 Å². The Bertz CT molecular complexity index is 1280. The number of hydrogen-bond donors (Lipinski definition) is 1. The molecule has 1 atom stereocenters. The summed E-state index contributed by atoms with van der Waals surface area (Å²) < 4.78 is 9.03. The van der Waals surface area contributed by atoms with Crippen LogP contribution < -0.4 is 11.0 Å². The van der Waals surface area contributed by atoms with Gasteiger partial charge in [-0.25, -0.2) is 4.98 Å². The summed E-state index contributed by atoms with van der Waals surface area (Å²) in [6.07, 6.45) is 6.57. The van der Waals surface area contributed by atoms with Gasteiger partial charge in [0.15, 0.2) is 0 Å². The molecule has 2 aliphatic heterocycles. The van der Waals surface area contributed by atoms with Crippen molar-refractivity contribution in [1.82, 2.24) is 18.9 Å². The molecule has 3 aromatic heterocycles. The highest BCUT2D eigenvalue weighted by Gasteiger charge is 2.25. The number of likely N-dealkylation sites (tertiary alicyclic amines) is 1. The van der Waals surface area contributed by atoms with E-state index in [1.54, 1.807) is 21.7 Å². The molecular weight excluding hydrogens is 394 g/mol. The minimum Gasteiger partial charge on any atom is -0.376 e. The molecule has 3 aromatic rings. The fourth-order valence-electron chi connectivity index (χ4n) is 4.70. The monoisotopic (exact) mass is 421 g/mol. The van der Waals surface area contributed by atoms with Crippen LogP contribution in [0.1, 0.15) is 48.0 Å². The van der Waals surface area contributed by atoms with Gasteiger partial charge in [-0.2, -0.15) is 0 Å². The average molecular weight is 422 g/mol. The topological polar surface area (TPSA) is 92.7 Å². The summed E-state index contributed by atoms with van der Waals surface area (Å²) in [7, 11) is 0. The van der Waals surface area contributed by atoms with Crippen molar-refractivity contribution in [3.05, 3.63) is 51.4 Å². The quantitative estimate of drug-likeness (QED) is 0.657. The van der Waals surface area contributed by atoms with Gasteiger partial charge in [0.25, 0.3) is 11.5 Å². The Labute approximate surface area is 179 Å². The molecule has 8 heteroatoms. The number of nitrogens with zero attached hydrogens (tertiary/aromatic N) is 4. The lowest BCUT2D eigenvalue weighted by Crippen LogP contribution is -2.41. The summed E-state index contributed by atoms with van der Waals surface area (Å²) in [5.41, 5.74) is 2.02. The van der Waals surface area contributed by atoms with E-state index in [2.05, 4.69) is 0 Å². The van der Waals surface area contributed by atoms with Gasteiger partial charge in [-0.3, -0.25) is 19.4 Å². The van der Waals surface area contributed by atoms with Crippen LogP contribution in [0.3, 0.4) is 0 Å². The maximum atomic E-state index is 13.4. The number of aryl methyl sites for hydroxylation is 1. The van der Waals surface area contributed by atoms with Crippen LogP contribution in [0.15, 0.2) is 29.2 Å². The van der Waals surface area contributed by atoms with Crippen molar-refractivity contribution < 1.29 is 9.53 Å². The van der Waals surface area contributed by atoms with E-state index < -0.39 is 0 Å². The minimum atomic E-state index is -0.225. The van der Waals surface area contributed by atoms with E-state index in [0.717, 1.165) is 37.7 Å². The summed E-state index contributed by atoms with van der Waals surface area (Å²) in [5, 5.41) is 9.24. The van der Waals surface area contributed by atoms with Gasteiger partial charge in [-0.05, 0) is 56.7 Å². The third-order valence-corrected chi connectivity index (χ3v) is 6.42. The molecule has 31 heavy (non-hydrogen) atoms. The van der Waals surface area contributed by atoms with Crippen LogP contribution in [0.2, 0.25) is 0 Å². The highest BCUT2D eigenvalue weighted by Crippen LogP contribution is 2.19. The Hall–Kier alpha value is -3.00. The zero-order valence-electron chi connectivity index (χ0n) is 17.8. The van der Waals surface area contributed by atoms with Crippen molar-refractivity contribution in [2.75, 3.05) is 19.7 Å². The Morgan fingerprint density at radius 3 is 2.77 bits per heavy atom. The summed E-state index contributed by atoms with van der Waals surface area (Å²) in [4.78, 5) is 33.3. The number of fused-ring (bicyclic) bond motifs is 2. The molecule has 1 unspecified atom stereocenters. The van der Waals surface area contributed by atoms with Gasteiger partial charge in [-0.15, -0.1) is 0 Å². The molecule has 2 saturated heterocycles. The smallest absolute Gasteiger partial charge is 0.267 e. The summed E-state index contributed by atoms with van der Waals surface area (Å²) in [6, 6.07) is 5.30. The van der Waals surface area contributed by atoms with E-state index in [4.69, 9.17) is 15.1 Å². The van der Waals surface area contributed by atoms with Gasteiger partial charge in [0, 0.05) is 25.9 Å². The maximum absolute atomic E-state index is 13.4. The fourth-order valence-corrected chi connectivity index (χ4v) is 4.70. The summed E-state index contributed by atoms with van der Waals surface area (Å²) in [5.74, 6) is -0.179. The number of pyridine rings is 2. The first-order valence-corrected chi connectivity index (χ1v) is 11.1. The third kappa shape index (κ3) is 3.44. The zero-order valence-corrected chi connectivity index (χ0v) is 17.8. The van der Waals surface area contributed by atoms with Gasteiger partial charge in [0.05, 0.1) is 23.6 Å². The van der Waals surface area contributed by atoms with Crippen molar-refractivity contribution in [3.8, 4) is 0 Å². The number of carbonyl (C=O) groups excluding carboxylic acids is 1. The Morgan fingerprint density at radius 2 is 2.03 bits per heavy atom. The van der Waals surface area contributed by atoms with Gasteiger partial charge in [-0.1, -0.05) is 6.07 Å². The molecule has 0 saturated carbocycles. The number of carbonyl (C=O) groups is 1. The molecule has 0 bridgehead atoms. The number of hydrogen-bond acceptors (Lipinski definition) is 5. The lowest BCUT2D eigenvalue weighted by molar-refractivity contribution is 0.0718. The maximum Gasteiger partial charge on any atom is 0.267 e. The Balaban J connectivity index is 1.76. The van der Waals surface area contributed by atoms with E-state index in [1.807, 2.05) is 19.1 Å². The molecule has 0 radical (unpaired) electrons. The lowest BCUT2D eigenvalue weighted by atomic mass is 10.1. The van der Waals surface area contributed by atoms with E-state index in [9.17, 15) is 9.59 Å². The third-order valence-electron chi connectivity index (χ3n) is 6.42. The SMILES string of the molecule is Cc1cccn2c(=O)c3cc(C(=O)N4CCCCC4)c(=N)n(CC4CCCO4)c3nc12. The van der Waals surface area contributed by atoms with E-state index in [0.29, 0.717) is 42.9 Å². The second kappa shape index (κ2) is 7.92. The van der Waals surface area contributed by atoms with Gasteiger partial charge in [0.1, 0.15) is 16.8 Å². The number of rotatable bonds is 3. The largest absolute Gasteiger partial charge is 0.376 e. The Morgan fingerprint density at radius 1 is 1.23 bits per heavy atom. The number of amides is 1. The molecule has 1 amide bonds. The van der Waals surface area contributed by atoms with Crippen LogP contribution >= 0.6 is 0 Å². The standard InChI is InChI=1S/C23H27N5O3/c1-15-7-5-11-27-20(15)25-21-18(23(27)30)13-17(22(29)26-9-3-2-4-10-26)19(24)28(21)14-16-8-6-12-31-16/h5,7,11,13,16,24H,2-4,6,8-10,12,14H2,1H3. The first-order valence-electron chi connectivity index (χ1n) is 11.1. The van der Waals surface area contributed by atoms with Crippen molar-refractivity contribution >= 4 is 22.6 Å². The van der Waals surface area contributed by atoms with Crippen LogP contribution in [0.25, 0.3) is 16.7 Å². The molecule has 1 N–H and O–H groups in total. The normalized spacial score (nSPS) is 19.4. The highest BCUT2D eigenvalue weighted by atomic mass is 16.5. The molecule has 2 fully saturated rings. The van der Waals surface area contributed by atoms with Crippen LogP contribution in [-0.2, 0) is 11.3 Å². The van der Waals surface area contributed by atoms with E-state index in [-0.39, 0.29) is 28.6 Å². The van der Waals surface area contributed by atoms with E-state index in [1.165, 1.54) is 4.40 Å². The van der Waals surface area contributed by atoms with Crippen LogP contribution in [-0.4, -0.2) is 50.6 Å². The predicted octanol–water partition coefficient (Wildman–Crippen LogP) is 2.24. The molecule has 0 aliphatic carbocycles. The molecule has 5 rings (SSSR count). The first-order chi connectivity index (χ1) is 15.0. The van der Waals surface area contributed by atoms with Crippen molar-refractivity contribution in [2.24, 2.45) is 0 Å². The first kappa shape index (κ1) is 19.9. The second-order valence-electron chi connectivity index (χ2n) is 8.54. The number of ether oxygens (including phenoxy) is 1. The van der Waals surface area contributed by atoms with Crippen molar-refractivity contribution in [3.63, 3.8) is 0 Å². The lowest BCUT2D eigenvalue weighted by Gasteiger charge is -2.27. The molecule has 162 valence electrons. The summed E-state index contributed by atoms with van der Waals surface area (Å²) >= 11 is 0. The van der Waals surface area contributed by atoms with Crippen LogP contribution in [0.5, 0.6) is 0 Å². The van der Waals surface area contributed by atoms with E-state index >= 15 is 0 Å². The average Bonchev–Trinajstić information content (AvgIpc) is 3.30. The number of piperidine rings is 1. The molecule has 5 heterocycles. The molecule has 8 nitrogen and oxygen atoms in total. The van der Waals surface area contributed by atoms with Gasteiger partial charge >= 0.3 is 0 Å². The van der Waals surface area contributed by atoms with Gasteiger partial charge < -0.3 is 14.2 Å². The molecule has 0 aromatic carbocycles. The molecule has 2 aliphatic rings. The zero-order chi connectivity index (χ0) is 21.5. The van der Waals surface area contributed by atoms with Crippen molar-refractivity contribution in [1.29, 1.82) is 5.41 Å². The molecular formula is C23H27N5O3.